The van der Waals surface area contributed by atoms with E-state index in [4.69, 9.17) is 16.3 Å². The van der Waals surface area contributed by atoms with Crippen LogP contribution in [0.25, 0.3) is 0 Å². The van der Waals surface area contributed by atoms with E-state index in [1.54, 1.807) is 0 Å². The maximum absolute atomic E-state index is 11.7. The molecule has 0 aliphatic rings. The Bertz CT molecular complexity index is 330. The molecular weight excluding hydrogens is 254 g/mol. The third kappa shape index (κ3) is 5.14. The lowest BCUT2D eigenvalue weighted by Gasteiger charge is -2.22. The summed E-state index contributed by atoms with van der Waals surface area (Å²) in [4.78, 5) is 13.0. The molecule has 16 heavy (non-hydrogen) atoms. The molecule has 1 amide bonds. The highest BCUT2D eigenvalue weighted by atomic mass is 35.5. The molecule has 0 radical (unpaired) electrons. The smallest absolute Gasteiger partial charge is 0.240 e. The number of carbonyl (C=O) groups is 1. The fraction of sp³-hybridized carbons (Fsp3) is 0.889. The van der Waals surface area contributed by atoms with Crippen LogP contribution in [0.3, 0.4) is 0 Å². The summed E-state index contributed by atoms with van der Waals surface area (Å²) in [5.74, 6) is -0.454. The van der Waals surface area contributed by atoms with Gasteiger partial charge in [-0.2, -0.15) is 0 Å². The molecule has 2 unspecified atom stereocenters. The molecule has 0 rings (SSSR count). The third-order valence-corrected chi connectivity index (χ3v) is 3.94. The normalized spacial score (nSPS) is 15.6. The molecule has 0 spiro atoms. The molecule has 0 N–H and O–H groups in total. The SMILES string of the molecule is COCC(Cl)CN(C)C(=O)C(C)S(C)(=O)=O. The fourth-order valence-electron chi connectivity index (χ4n) is 1.11. The summed E-state index contributed by atoms with van der Waals surface area (Å²) < 4.78 is 27.2. The number of amides is 1. The molecule has 0 bridgehead atoms. The van der Waals surface area contributed by atoms with E-state index < -0.39 is 21.0 Å². The lowest BCUT2D eigenvalue weighted by Crippen LogP contribution is -2.42. The van der Waals surface area contributed by atoms with E-state index in [0.717, 1.165) is 6.26 Å². The largest absolute Gasteiger partial charge is 0.383 e. The first kappa shape index (κ1) is 15.7. The molecule has 0 aliphatic carbocycles. The number of halogens is 1. The second kappa shape index (κ2) is 6.42. The number of rotatable bonds is 6. The average Bonchev–Trinajstić information content (AvgIpc) is 2.14. The van der Waals surface area contributed by atoms with Crippen LogP contribution in [0.4, 0.5) is 0 Å². The third-order valence-electron chi connectivity index (χ3n) is 2.19. The molecule has 7 heteroatoms. The number of methoxy groups -OCH3 is 1. The molecule has 0 fully saturated rings. The molecule has 0 aromatic rings. The topological polar surface area (TPSA) is 63.7 Å². The van der Waals surface area contributed by atoms with E-state index >= 15 is 0 Å². The Hall–Kier alpha value is -0.330. The maximum atomic E-state index is 11.7. The molecule has 5 nitrogen and oxygen atoms in total. The monoisotopic (exact) mass is 271 g/mol. The maximum Gasteiger partial charge on any atom is 0.240 e. The van der Waals surface area contributed by atoms with Crippen molar-refractivity contribution >= 4 is 27.3 Å². The van der Waals surface area contributed by atoms with E-state index in [9.17, 15) is 13.2 Å². The van der Waals surface area contributed by atoms with Crippen molar-refractivity contribution in [2.24, 2.45) is 0 Å². The fourth-order valence-corrected chi connectivity index (χ4v) is 1.99. The molecule has 96 valence electrons. The Morgan fingerprint density at radius 3 is 2.38 bits per heavy atom. The van der Waals surface area contributed by atoms with Crippen LogP contribution in [0.1, 0.15) is 6.92 Å². The Morgan fingerprint density at radius 2 is 2.00 bits per heavy atom. The minimum Gasteiger partial charge on any atom is -0.383 e. The number of carbonyl (C=O) groups excluding carboxylic acids is 1. The standard InChI is InChI=1S/C9H18ClNO4S/c1-7(16(4,13)14)9(12)11(2)5-8(10)6-15-3/h7-8H,5-6H2,1-4H3. The van der Waals surface area contributed by atoms with Gasteiger partial charge in [-0.3, -0.25) is 4.79 Å². The highest BCUT2D eigenvalue weighted by Crippen LogP contribution is 2.05. The number of nitrogens with zero attached hydrogens (tertiary/aromatic N) is 1. The second-order valence-corrected chi connectivity index (χ2v) is 6.73. The van der Waals surface area contributed by atoms with Crippen molar-refractivity contribution < 1.29 is 17.9 Å². The lowest BCUT2D eigenvalue weighted by molar-refractivity contribution is -0.129. The summed E-state index contributed by atoms with van der Waals surface area (Å²) >= 11 is 5.87. The number of alkyl halides is 1. The van der Waals surface area contributed by atoms with Crippen LogP contribution >= 0.6 is 11.6 Å². The van der Waals surface area contributed by atoms with Crippen LogP contribution in [-0.4, -0.2) is 63.4 Å². The molecule has 0 heterocycles. The van der Waals surface area contributed by atoms with Crippen LogP contribution in [0.15, 0.2) is 0 Å². The zero-order chi connectivity index (χ0) is 12.9. The minimum absolute atomic E-state index is 0.258. The van der Waals surface area contributed by atoms with E-state index in [1.807, 2.05) is 0 Å². The molecular formula is C9H18ClNO4S. The van der Waals surface area contributed by atoms with Crippen molar-refractivity contribution in [1.82, 2.24) is 4.90 Å². The van der Waals surface area contributed by atoms with Gasteiger partial charge in [-0.25, -0.2) is 8.42 Å². The molecule has 0 aromatic heterocycles. The second-order valence-electron chi connectivity index (χ2n) is 3.74. The number of hydrogen-bond acceptors (Lipinski definition) is 4. The molecule has 0 aromatic carbocycles. The molecule has 0 saturated heterocycles. The van der Waals surface area contributed by atoms with Gasteiger partial charge in [0.25, 0.3) is 0 Å². The van der Waals surface area contributed by atoms with E-state index in [-0.39, 0.29) is 11.9 Å². The zero-order valence-electron chi connectivity index (χ0n) is 9.94. The van der Waals surface area contributed by atoms with Gasteiger partial charge in [0.2, 0.25) is 5.91 Å². The molecule has 0 aliphatic heterocycles. The van der Waals surface area contributed by atoms with E-state index in [1.165, 1.54) is 26.0 Å². The van der Waals surface area contributed by atoms with Crippen LogP contribution in [0, 0.1) is 0 Å². The van der Waals surface area contributed by atoms with Crippen molar-refractivity contribution in [3.63, 3.8) is 0 Å². The van der Waals surface area contributed by atoms with Gasteiger partial charge in [0.15, 0.2) is 9.84 Å². The van der Waals surface area contributed by atoms with Gasteiger partial charge in [0.05, 0.1) is 12.0 Å². The predicted molar refractivity (Wildman–Crippen MR) is 63.5 cm³/mol. The first-order valence-electron chi connectivity index (χ1n) is 4.77. The van der Waals surface area contributed by atoms with E-state index in [2.05, 4.69) is 0 Å². The first-order valence-corrected chi connectivity index (χ1v) is 7.16. The summed E-state index contributed by atoms with van der Waals surface area (Å²) in [6, 6.07) is 0. The Balaban J connectivity index is 4.40. The summed E-state index contributed by atoms with van der Waals surface area (Å²) in [5.41, 5.74) is 0. The Morgan fingerprint density at radius 1 is 1.50 bits per heavy atom. The van der Waals surface area contributed by atoms with Gasteiger partial charge < -0.3 is 9.64 Å². The van der Waals surface area contributed by atoms with Gasteiger partial charge in [-0.15, -0.1) is 11.6 Å². The Kier molecular flexibility index (Phi) is 6.28. The van der Waals surface area contributed by atoms with Crippen LogP contribution < -0.4 is 0 Å². The van der Waals surface area contributed by atoms with Gasteiger partial charge in [0.1, 0.15) is 5.25 Å². The highest BCUT2D eigenvalue weighted by molar-refractivity contribution is 7.92. The van der Waals surface area contributed by atoms with Crippen LogP contribution in [0.2, 0.25) is 0 Å². The number of ether oxygens (including phenoxy) is 1. The van der Waals surface area contributed by atoms with Gasteiger partial charge in [-0.1, -0.05) is 0 Å². The Labute approximate surface area is 102 Å². The molecule has 2 atom stereocenters. The number of sulfone groups is 1. The summed E-state index contributed by atoms with van der Waals surface area (Å²) in [6.45, 7) is 1.94. The predicted octanol–water partition coefficient (Wildman–Crippen LogP) is 0.132. The molecule has 0 saturated carbocycles. The van der Waals surface area contributed by atoms with Crippen molar-refractivity contribution in [2.75, 3.05) is 33.6 Å². The summed E-state index contributed by atoms with van der Waals surface area (Å²) in [7, 11) is -0.328. The van der Waals surface area contributed by atoms with Crippen LogP contribution in [-0.2, 0) is 19.4 Å². The van der Waals surface area contributed by atoms with Gasteiger partial charge in [-0.05, 0) is 6.92 Å². The summed E-state index contributed by atoms with van der Waals surface area (Å²) in [6.07, 6.45) is 1.04. The average molecular weight is 272 g/mol. The first-order chi connectivity index (χ1) is 7.20. The van der Waals surface area contributed by atoms with Crippen molar-refractivity contribution in [2.45, 2.75) is 17.6 Å². The quantitative estimate of drug-likeness (QED) is 0.645. The lowest BCUT2D eigenvalue weighted by atomic mass is 10.3. The summed E-state index contributed by atoms with van der Waals surface area (Å²) in [5, 5.41) is -1.38. The zero-order valence-corrected chi connectivity index (χ0v) is 11.5. The van der Waals surface area contributed by atoms with Gasteiger partial charge in [0, 0.05) is 27.0 Å². The van der Waals surface area contributed by atoms with Gasteiger partial charge >= 0.3 is 0 Å². The van der Waals surface area contributed by atoms with Crippen molar-refractivity contribution in [1.29, 1.82) is 0 Å². The van der Waals surface area contributed by atoms with Crippen molar-refractivity contribution in [3.05, 3.63) is 0 Å². The highest BCUT2D eigenvalue weighted by Gasteiger charge is 2.27. The van der Waals surface area contributed by atoms with E-state index in [0.29, 0.717) is 6.61 Å². The minimum atomic E-state index is -3.36. The van der Waals surface area contributed by atoms with Crippen molar-refractivity contribution in [3.8, 4) is 0 Å². The number of hydrogen-bond donors (Lipinski definition) is 0. The van der Waals surface area contributed by atoms with Crippen LogP contribution in [0.5, 0.6) is 0 Å².